The highest BCUT2D eigenvalue weighted by atomic mass is 16.5. The van der Waals surface area contributed by atoms with Crippen LogP contribution < -0.4 is 10.1 Å². The molecule has 3 heteroatoms. The zero-order valence-electron chi connectivity index (χ0n) is 11.4. The van der Waals surface area contributed by atoms with Crippen LogP contribution in [-0.2, 0) is 4.74 Å². The van der Waals surface area contributed by atoms with Gasteiger partial charge in [-0.15, -0.1) is 0 Å². The molecule has 0 spiro atoms. The molecule has 17 heavy (non-hydrogen) atoms. The minimum atomic E-state index is -0.138. The van der Waals surface area contributed by atoms with Gasteiger partial charge in [-0.1, -0.05) is 12.1 Å². The molecule has 3 nitrogen and oxygen atoms in total. The summed E-state index contributed by atoms with van der Waals surface area (Å²) in [6, 6.07) is 8.42. The maximum atomic E-state index is 5.38. The summed E-state index contributed by atoms with van der Waals surface area (Å²) in [7, 11) is 3.41. The number of hydrogen-bond acceptors (Lipinski definition) is 3. The minimum Gasteiger partial charge on any atom is -0.497 e. The lowest BCUT2D eigenvalue weighted by Gasteiger charge is -2.26. The highest BCUT2D eigenvalue weighted by Gasteiger charge is 2.17. The maximum Gasteiger partial charge on any atom is 0.118 e. The zero-order chi connectivity index (χ0) is 12.9. The van der Waals surface area contributed by atoms with Crippen molar-refractivity contribution in [3.05, 3.63) is 29.8 Å². The van der Waals surface area contributed by atoms with Crippen molar-refractivity contribution in [3.8, 4) is 5.75 Å². The monoisotopic (exact) mass is 237 g/mol. The molecule has 0 bridgehead atoms. The lowest BCUT2D eigenvalue weighted by molar-refractivity contribution is 0.0214. The number of methoxy groups -OCH3 is 2. The summed E-state index contributed by atoms with van der Waals surface area (Å²) in [5, 5.41) is 3.46. The van der Waals surface area contributed by atoms with Crippen LogP contribution in [0, 0.1) is 0 Å². The normalized spacial score (nSPS) is 13.5. The summed E-state index contributed by atoms with van der Waals surface area (Å²) >= 11 is 0. The first-order valence-electron chi connectivity index (χ1n) is 5.91. The molecule has 1 aromatic rings. The van der Waals surface area contributed by atoms with Gasteiger partial charge in [0.15, 0.2) is 0 Å². The molecule has 1 N–H and O–H groups in total. The quantitative estimate of drug-likeness (QED) is 0.825. The van der Waals surface area contributed by atoms with Gasteiger partial charge >= 0.3 is 0 Å². The Morgan fingerprint density at radius 3 is 2.24 bits per heavy atom. The molecular weight excluding hydrogens is 214 g/mol. The lowest BCUT2D eigenvalue weighted by atomic mass is 10.1. The zero-order valence-corrected chi connectivity index (χ0v) is 11.4. The van der Waals surface area contributed by atoms with Crippen LogP contribution in [0.15, 0.2) is 24.3 Å². The van der Waals surface area contributed by atoms with Crippen LogP contribution in [0.1, 0.15) is 32.4 Å². The van der Waals surface area contributed by atoms with Gasteiger partial charge in [0.25, 0.3) is 0 Å². The first-order chi connectivity index (χ1) is 7.98. The van der Waals surface area contributed by atoms with Crippen LogP contribution in [0.25, 0.3) is 0 Å². The van der Waals surface area contributed by atoms with Gasteiger partial charge in [-0.3, -0.25) is 0 Å². The smallest absolute Gasteiger partial charge is 0.118 e. The van der Waals surface area contributed by atoms with Crippen LogP contribution in [0.4, 0.5) is 0 Å². The molecule has 1 aromatic carbocycles. The summed E-state index contributed by atoms with van der Waals surface area (Å²) in [5.41, 5.74) is 1.11. The van der Waals surface area contributed by atoms with Gasteiger partial charge in [-0.2, -0.15) is 0 Å². The van der Waals surface area contributed by atoms with Crippen molar-refractivity contribution in [2.45, 2.75) is 32.4 Å². The Hall–Kier alpha value is -1.06. The standard InChI is InChI=1S/C14H23NO2/c1-11(15-10-14(2,3)17-5)12-6-8-13(16-4)9-7-12/h6-9,11,15H,10H2,1-5H3. The summed E-state index contributed by atoms with van der Waals surface area (Å²) < 4.78 is 10.5. The average Bonchev–Trinajstić information content (AvgIpc) is 2.36. The van der Waals surface area contributed by atoms with Gasteiger partial charge in [0.2, 0.25) is 0 Å². The van der Waals surface area contributed by atoms with Crippen LogP contribution in [-0.4, -0.2) is 26.4 Å². The molecule has 0 aliphatic heterocycles. The number of rotatable bonds is 6. The van der Waals surface area contributed by atoms with Crippen molar-refractivity contribution in [2.24, 2.45) is 0 Å². The molecule has 0 aromatic heterocycles. The van der Waals surface area contributed by atoms with Crippen LogP contribution >= 0.6 is 0 Å². The third-order valence-corrected chi connectivity index (χ3v) is 3.00. The van der Waals surface area contributed by atoms with E-state index in [-0.39, 0.29) is 5.60 Å². The topological polar surface area (TPSA) is 30.5 Å². The highest BCUT2D eigenvalue weighted by molar-refractivity contribution is 5.28. The third-order valence-electron chi connectivity index (χ3n) is 3.00. The van der Waals surface area contributed by atoms with Crippen molar-refractivity contribution in [2.75, 3.05) is 20.8 Å². The fourth-order valence-corrected chi connectivity index (χ4v) is 1.48. The van der Waals surface area contributed by atoms with Gasteiger partial charge in [0, 0.05) is 19.7 Å². The van der Waals surface area contributed by atoms with E-state index in [4.69, 9.17) is 9.47 Å². The Morgan fingerprint density at radius 2 is 1.76 bits per heavy atom. The molecule has 0 aliphatic carbocycles. The molecule has 1 rings (SSSR count). The average molecular weight is 237 g/mol. The lowest BCUT2D eigenvalue weighted by Crippen LogP contribution is -2.37. The van der Waals surface area contributed by atoms with E-state index >= 15 is 0 Å². The van der Waals surface area contributed by atoms with Gasteiger partial charge < -0.3 is 14.8 Å². The Kier molecular flexibility index (Phi) is 4.97. The number of nitrogens with one attached hydrogen (secondary N) is 1. The van der Waals surface area contributed by atoms with E-state index in [1.807, 2.05) is 12.1 Å². The first kappa shape index (κ1) is 14.0. The molecule has 0 heterocycles. The molecule has 0 saturated heterocycles. The Morgan fingerprint density at radius 1 is 1.18 bits per heavy atom. The maximum absolute atomic E-state index is 5.38. The number of benzene rings is 1. The molecule has 1 unspecified atom stereocenters. The predicted molar refractivity (Wildman–Crippen MR) is 70.5 cm³/mol. The number of ether oxygens (including phenoxy) is 2. The van der Waals surface area contributed by atoms with E-state index in [1.165, 1.54) is 5.56 Å². The fourth-order valence-electron chi connectivity index (χ4n) is 1.48. The van der Waals surface area contributed by atoms with Crippen molar-refractivity contribution in [1.82, 2.24) is 5.32 Å². The van der Waals surface area contributed by atoms with Crippen LogP contribution in [0.5, 0.6) is 5.75 Å². The molecule has 0 saturated carbocycles. The summed E-state index contributed by atoms with van der Waals surface area (Å²) in [6.07, 6.45) is 0. The molecule has 0 amide bonds. The van der Waals surface area contributed by atoms with E-state index in [2.05, 4.69) is 38.2 Å². The Labute approximate surface area is 104 Å². The third kappa shape index (κ3) is 4.36. The highest BCUT2D eigenvalue weighted by Crippen LogP contribution is 2.18. The van der Waals surface area contributed by atoms with Crippen LogP contribution in [0.2, 0.25) is 0 Å². The van der Waals surface area contributed by atoms with E-state index < -0.39 is 0 Å². The SMILES string of the molecule is COc1ccc(C(C)NCC(C)(C)OC)cc1. The van der Waals surface area contributed by atoms with Crippen LogP contribution in [0.3, 0.4) is 0 Å². The molecule has 0 fully saturated rings. The summed E-state index contributed by atoms with van der Waals surface area (Å²) in [5.74, 6) is 0.887. The Bertz CT molecular complexity index is 333. The molecule has 0 aliphatic rings. The first-order valence-corrected chi connectivity index (χ1v) is 5.91. The van der Waals surface area contributed by atoms with Crippen molar-refractivity contribution >= 4 is 0 Å². The van der Waals surface area contributed by atoms with Crippen molar-refractivity contribution in [3.63, 3.8) is 0 Å². The fraction of sp³-hybridized carbons (Fsp3) is 0.571. The summed E-state index contributed by atoms with van der Waals surface area (Å²) in [4.78, 5) is 0. The molecular formula is C14H23NO2. The predicted octanol–water partition coefficient (Wildman–Crippen LogP) is 2.77. The second-order valence-corrected chi connectivity index (χ2v) is 4.84. The van der Waals surface area contributed by atoms with E-state index in [0.717, 1.165) is 12.3 Å². The van der Waals surface area contributed by atoms with Crippen molar-refractivity contribution < 1.29 is 9.47 Å². The molecule has 0 radical (unpaired) electrons. The van der Waals surface area contributed by atoms with E-state index in [0.29, 0.717) is 6.04 Å². The van der Waals surface area contributed by atoms with Gasteiger partial charge in [-0.25, -0.2) is 0 Å². The largest absolute Gasteiger partial charge is 0.497 e. The Balaban J connectivity index is 2.54. The van der Waals surface area contributed by atoms with Gasteiger partial charge in [0.05, 0.1) is 12.7 Å². The second-order valence-electron chi connectivity index (χ2n) is 4.84. The van der Waals surface area contributed by atoms with Gasteiger partial charge in [0.1, 0.15) is 5.75 Å². The molecule has 96 valence electrons. The van der Waals surface area contributed by atoms with E-state index in [9.17, 15) is 0 Å². The number of hydrogen-bond donors (Lipinski definition) is 1. The molecule has 1 atom stereocenters. The van der Waals surface area contributed by atoms with Gasteiger partial charge in [-0.05, 0) is 38.5 Å². The second kappa shape index (κ2) is 6.03. The minimum absolute atomic E-state index is 0.138. The summed E-state index contributed by atoms with van der Waals surface area (Å²) in [6.45, 7) is 7.10. The van der Waals surface area contributed by atoms with E-state index in [1.54, 1.807) is 14.2 Å². The van der Waals surface area contributed by atoms with Crippen molar-refractivity contribution in [1.29, 1.82) is 0 Å².